The minimum atomic E-state index is -3.76. The second-order valence-corrected chi connectivity index (χ2v) is 8.66. The van der Waals surface area contributed by atoms with Crippen LogP contribution in [0.4, 0.5) is 10.1 Å². The molecule has 3 aromatic rings. The summed E-state index contributed by atoms with van der Waals surface area (Å²) in [6, 6.07) is 8.89. The number of nitrogens with one attached hydrogen (secondary N) is 1. The largest absolute Gasteiger partial charge is 0.455 e. The van der Waals surface area contributed by atoms with Crippen molar-refractivity contribution in [1.82, 2.24) is 5.32 Å². The lowest BCUT2D eigenvalue weighted by Gasteiger charge is -2.25. The number of amides is 1. The Balaban J connectivity index is 2.46. The van der Waals surface area contributed by atoms with Crippen molar-refractivity contribution in [2.24, 2.45) is 0 Å². The Morgan fingerprint density at radius 1 is 1.20 bits per heavy atom. The van der Waals surface area contributed by atoms with Gasteiger partial charge in [-0.2, -0.15) is 0 Å². The monoisotopic (exact) mass is 434 g/mol. The zero-order valence-electron chi connectivity index (χ0n) is 16.9. The molecule has 7 nitrogen and oxygen atoms in total. The second-order valence-electron chi connectivity index (χ2n) is 6.75. The third-order valence-electron chi connectivity index (χ3n) is 4.81. The van der Waals surface area contributed by atoms with Gasteiger partial charge in [0.25, 0.3) is 5.91 Å². The molecule has 9 heteroatoms. The van der Waals surface area contributed by atoms with E-state index in [2.05, 4.69) is 5.32 Å². The highest BCUT2D eigenvalue weighted by Crippen LogP contribution is 2.41. The number of sulfonamides is 1. The van der Waals surface area contributed by atoms with Crippen molar-refractivity contribution >= 4 is 32.6 Å². The van der Waals surface area contributed by atoms with Gasteiger partial charge < -0.3 is 14.8 Å². The molecule has 0 aliphatic rings. The number of nitrogens with zero attached hydrogens (tertiary/aromatic N) is 1. The summed E-state index contributed by atoms with van der Waals surface area (Å²) in [5.41, 5.74) is 1.91. The van der Waals surface area contributed by atoms with Crippen LogP contribution in [0.25, 0.3) is 22.3 Å². The van der Waals surface area contributed by atoms with Crippen LogP contribution in [0, 0.1) is 5.82 Å². The minimum Gasteiger partial charge on any atom is -0.455 e. The number of hydrogen-bond acceptors (Lipinski definition) is 5. The molecule has 30 heavy (non-hydrogen) atoms. The van der Waals surface area contributed by atoms with Crippen molar-refractivity contribution in [3.05, 3.63) is 53.3 Å². The maximum atomic E-state index is 13.4. The molecule has 160 valence electrons. The zero-order valence-corrected chi connectivity index (χ0v) is 17.7. The molecule has 2 N–H and O–H groups in total. The molecule has 0 aliphatic carbocycles. The zero-order chi connectivity index (χ0) is 22.1. The number of aryl methyl sites for hydroxylation is 1. The van der Waals surface area contributed by atoms with Crippen molar-refractivity contribution in [2.45, 2.75) is 13.3 Å². The second kappa shape index (κ2) is 8.45. The van der Waals surface area contributed by atoms with Gasteiger partial charge in [-0.15, -0.1) is 0 Å². The summed E-state index contributed by atoms with van der Waals surface area (Å²) in [7, 11) is -2.30. The number of aliphatic hydroxyl groups is 1. The van der Waals surface area contributed by atoms with Crippen molar-refractivity contribution in [2.75, 3.05) is 30.8 Å². The molecule has 0 unspecified atom stereocenters. The molecular formula is C21H23FN2O5S. The topological polar surface area (TPSA) is 99.8 Å². The molecule has 2 aromatic carbocycles. The Morgan fingerprint density at radius 3 is 2.40 bits per heavy atom. The molecule has 1 heterocycles. The highest BCUT2D eigenvalue weighted by Gasteiger charge is 2.30. The number of hydrogen-bond donors (Lipinski definition) is 2. The van der Waals surface area contributed by atoms with Gasteiger partial charge in [0.05, 0.1) is 36.0 Å². The summed E-state index contributed by atoms with van der Waals surface area (Å²) in [4.78, 5) is 12.9. The van der Waals surface area contributed by atoms with Crippen LogP contribution in [0.3, 0.4) is 0 Å². The first kappa shape index (κ1) is 21.8. The van der Waals surface area contributed by atoms with Gasteiger partial charge in [-0.05, 0) is 42.3 Å². The first-order chi connectivity index (χ1) is 14.2. The van der Waals surface area contributed by atoms with E-state index < -0.39 is 28.4 Å². The number of carbonyl (C=O) groups is 1. The molecule has 0 saturated carbocycles. The number of aliphatic hydroxyl groups excluding tert-OH is 1. The fraction of sp³-hybridized carbons (Fsp3) is 0.286. The molecular weight excluding hydrogens is 411 g/mol. The van der Waals surface area contributed by atoms with E-state index in [-0.39, 0.29) is 17.9 Å². The van der Waals surface area contributed by atoms with Gasteiger partial charge in [0.2, 0.25) is 10.0 Å². The molecule has 0 atom stereocenters. The van der Waals surface area contributed by atoms with E-state index in [1.165, 1.54) is 31.3 Å². The molecule has 1 aromatic heterocycles. The summed E-state index contributed by atoms with van der Waals surface area (Å²) in [5, 5.41) is 12.4. The van der Waals surface area contributed by atoms with E-state index in [1.807, 2.05) is 6.92 Å². The fourth-order valence-electron chi connectivity index (χ4n) is 3.47. The van der Waals surface area contributed by atoms with Gasteiger partial charge in [0, 0.05) is 12.6 Å². The van der Waals surface area contributed by atoms with Gasteiger partial charge in [-0.3, -0.25) is 9.10 Å². The number of anilines is 1. The highest BCUT2D eigenvalue weighted by molar-refractivity contribution is 7.92. The number of rotatable bonds is 7. The molecule has 0 aliphatic heterocycles. The van der Waals surface area contributed by atoms with Crippen molar-refractivity contribution in [3.63, 3.8) is 0 Å². The van der Waals surface area contributed by atoms with Crippen LogP contribution in [0.5, 0.6) is 0 Å². The van der Waals surface area contributed by atoms with Crippen LogP contribution >= 0.6 is 0 Å². The van der Waals surface area contributed by atoms with E-state index in [1.54, 1.807) is 12.1 Å². The summed E-state index contributed by atoms with van der Waals surface area (Å²) in [6.07, 6.45) is 1.54. The third kappa shape index (κ3) is 3.90. The standard InChI is InChI=1S/C21H23FN2O5S/c1-4-13-7-10-16-17(19(13)24(11-12-25)30(3,27)28)18(21(26)23-2)20(29-16)14-5-8-15(22)9-6-14/h5-10,25H,4,11-12H2,1-3H3,(H,23,26). The predicted molar refractivity (Wildman–Crippen MR) is 114 cm³/mol. The first-order valence-electron chi connectivity index (χ1n) is 9.37. The van der Waals surface area contributed by atoms with Gasteiger partial charge in [0.15, 0.2) is 0 Å². The summed E-state index contributed by atoms with van der Waals surface area (Å²) < 4.78 is 45.5. The Morgan fingerprint density at radius 2 is 1.87 bits per heavy atom. The maximum absolute atomic E-state index is 13.4. The van der Waals surface area contributed by atoms with E-state index in [9.17, 15) is 22.7 Å². The minimum absolute atomic E-state index is 0.149. The first-order valence-corrected chi connectivity index (χ1v) is 11.2. The van der Waals surface area contributed by atoms with Crippen molar-refractivity contribution < 1.29 is 27.1 Å². The number of furan rings is 1. The van der Waals surface area contributed by atoms with Crippen LogP contribution in [-0.2, 0) is 16.4 Å². The molecule has 0 fully saturated rings. The van der Waals surface area contributed by atoms with Crippen LogP contribution in [0.2, 0.25) is 0 Å². The average Bonchev–Trinajstić information content (AvgIpc) is 3.10. The maximum Gasteiger partial charge on any atom is 0.255 e. The van der Waals surface area contributed by atoms with Crippen LogP contribution in [-0.4, -0.2) is 45.9 Å². The SMILES string of the molecule is CCc1ccc2oc(-c3ccc(F)cc3)c(C(=O)NC)c2c1N(CCO)S(C)(=O)=O. The Hall–Kier alpha value is -2.91. The van der Waals surface area contributed by atoms with E-state index >= 15 is 0 Å². The molecule has 0 radical (unpaired) electrons. The van der Waals surface area contributed by atoms with Crippen LogP contribution < -0.4 is 9.62 Å². The Bertz CT molecular complexity index is 1190. The van der Waals surface area contributed by atoms with Crippen molar-refractivity contribution in [3.8, 4) is 11.3 Å². The van der Waals surface area contributed by atoms with Gasteiger partial charge >= 0.3 is 0 Å². The number of carbonyl (C=O) groups excluding carboxylic acids is 1. The summed E-state index contributed by atoms with van der Waals surface area (Å²) in [5.74, 6) is -0.701. The third-order valence-corrected chi connectivity index (χ3v) is 5.97. The summed E-state index contributed by atoms with van der Waals surface area (Å²) in [6.45, 7) is 1.30. The van der Waals surface area contributed by atoms with Gasteiger partial charge in [0.1, 0.15) is 17.2 Å². The molecule has 3 rings (SSSR count). The Labute approximate surface area is 174 Å². The van der Waals surface area contributed by atoms with Crippen molar-refractivity contribution in [1.29, 1.82) is 0 Å². The number of halogens is 1. The molecule has 1 amide bonds. The number of benzene rings is 2. The lowest BCUT2D eigenvalue weighted by atomic mass is 10.00. The van der Waals surface area contributed by atoms with Crippen LogP contribution in [0.1, 0.15) is 22.8 Å². The smallest absolute Gasteiger partial charge is 0.255 e. The molecule has 0 spiro atoms. The van der Waals surface area contributed by atoms with E-state index in [0.29, 0.717) is 34.2 Å². The number of fused-ring (bicyclic) bond motifs is 1. The highest BCUT2D eigenvalue weighted by atomic mass is 32.2. The fourth-order valence-corrected chi connectivity index (χ4v) is 4.42. The van der Waals surface area contributed by atoms with E-state index in [0.717, 1.165) is 10.6 Å². The van der Waals surface area contributed by atoms with Crippen LogP contribution in [0.15, 0.2) is 40.8 Å². The van der Waals surface area contributed by atoms with E-state index in [4.69, 9.17) is 4.42 Å². The summed E-state index contributed by atoms with van der Waals surface area (Å²) >= 11 is 0. The molecule has 0 bridgehead atoms. The molecule has 0 saturated heterocycles. The average molecular weight is 434 g/mol. The predicted octanol–water partition coefficient (Wildman–Crippen LogP) is 2.92. The Kier molecular flexibility index (Phi) is 6.14. The quantitative estimate of drug-likeness (QED) is 0.596. The van der Waals surface area contributed by atoms with Gasteiger partial charge in [-0.25, -0.2) is 12.8 Å². The lowest BCUT2D eigenvalue weighted by Crippen LogP contribution is -2.33. The van der Waals surface area contributed by atoms with Gasteiger partial charge in [-0.1, -0.05) is 13.0 Å². The normalized spacial score (nSPS) is 11.6. The lowest BCUT2D eigenvalue weighted by molar-refractivity contribution is 0.0964.